The van der Waals surface area contributed by atoms with Gasteiger partial charge in [0, 0.05) is 36.6 Å². The van der Waals surface area contributed by atoms with Crippen LogP contribution in [0.3, 0.4) is 0 Å². The van der Waals surface area contributed by atoms with Gasteiger partial charge >= 0.3 is 0 Å². The molecule has 1 amide bonds. The van der Waals surface area contributed by atoms with Crippen molar-refractivity contribution in [1.29, 1.82) is 0 Å². The van der Waals surface area contributed by atoms with Crippen LogP contribution in [-0.2, 0) is 6.54 Å². The van der Waals surface area contributed by atoms with E-state index in [2.05, 4.69) is 11.0 Å². The molecule has 1 fully saturated rings. The lowest BCUT2D eigenvalue weighted by atomic mass is 9.90. The molecule has 9 nitrogen and oxygen atoms in total. The standard InChI is InChI=1S/C38H42N4O5/c1-40(38(44)29-9-5-4-6-10-29)25-31(30-13-14-34(45-2)35(23-30)46-3)17-21-41-19-15-28(16-20-41)36(43)37-39-32-11-7-8-12-33(32)42(37)24-27-18-22-47-26-27/h4-14,18,22-23,26,28,31H,15-17,19-21,24-25H2,1-3H3. The van der Waals surface area contributed by atoms with E-state index in [1.165, 1.54) is 0 Å². The van der Waals surface area contributed by atoms with Gasteiger partial charge in [0.1, 0.15) is 0 Å². The number of aromatic nitrogens is 2. The fourth-order valence-corrected chi connectivity index (χ4v) is 6.61. The minimum absolute atomic E-state index is 0.00538. The number of carbonyl (C=O) groups excluding carboxylic acids is 2. The summed E-state index contributed by atoms with van der Waals surface area (Å²) in [5, 5.41) is 0. The highest BCUT2D eigenvalue weighted by atomic mass is 16.5. The molecule has 1 aliphatic rings. The summed E-state index contributed by atoms with van der Waals surface area (Å²) in [4.78, 5) is 36.2. The number of piperidine rings is 1. The molecule has 5 aromatic rings. The molecule has 1 aliphatic heterocycles. The summed E-state index contributed by atoms with van der Waals surface area (Å²) in [5.74, 6) is 1.96. The number of para-hydroxylation sites is 2. The number of hydrogen-bond acceptors (Lipinski definition) is 7. The zero-order chi connectivity index (χ0) is 32.8. The number of methoxy groups -OCH3 is 2. The Labute approximate surface area is 275 Å². The molecule has 0 aliphatic carbocycles. The summed E-state index contributed by atoms with van der Waals surface area (Å²) in [6.07, 6.45) is 5.77. The molecule has 0 saturated carbocycles. The Bertz CT molecular complexity index is 1790. The summed E-state index contributed by atoms with van der Waals surface area (Å²) in [6, 6.07) is 25.2. The second-order valence-corrected chi connectivity index (χ2v) is 12.3. The number of likely N-dealkylation sites (N-methyl/N-ethyl adjacent to an activating group) is 1. The minimum Gasteiger partial charge on any atom is -0.493 e. The third kappa shape index (κ3) is 7.25. The molecule has 0 N–H and O–H groups in total. The quantitative estimate of drug-likeness (QED) is 0.136. The van der Waals surface area contributed by atoms with Crippen LogP contribution in [0.2, 0.25) is 0 Å². The van der Waals surface area contributed by atoms with Gasteiger partial charge in [-0.3, -0.25) is 9.59 Å². The molecule has 1 saturated heterocycles. The van der Waals surface area contributed by atoms with E-state index in [4.69, 9.17) is 18.9 Å². The van der Waals surface area contributed by atoms with E-state index >= 15 is 0 Å². The molecule has 9 heteroatoms. The van der Waals surface area contributed by atoms with Gasteiger partial charge in [0.25, 0.3) is 5.91 Å². The average Bonchev–Trinajstić information content (AvgIpc) is 3.78. The second-order valence-electron chi connectivity index (χ2n) is 12.3. The predicted molar refractivity (Wildman–Crippen MR) is 181 cm³/mol. The molecule has 47 heavy (non-hydrogen) atoms. The van der Waals surface area contributed by atoms with E-state index < -0.39 is 0 Å². The minimum atomic E-state index is -0.0811. The third-order valence-corrected chi connectivity index (χ3v) is 9.29. The maximum atomic E-state index is 13.9. The van der Waals surface area contributed by atoms with Crippen molar-refractivity contribution in [2.75, 3.05) is 47.4 Å². The zero-order valence-corrected chi connectivity index (χ0v) is 27.3. The van der Waals surface area contributed by atoms with Gasteiger partial charge in [-0.25, -0.2) is 4.98 Å². The van der Waals surface area contributed by atoms with Gasteiger partial charge in [-0.15, -0.1) is 0 Å². The second kappa shape index (κ2) is 14.7. The first-order valence-electron chi connectivity index (χ1n) is 16.2. The number of ether oxygens (including phenoxy) is 2. The Morgan fingerprint density at radius 2 is 1.70 bits per heavy atom. The number of fused-ring (bicyclic) bond motifs is 1. The number of likely N-dealkylation sites (tertiary alicyclic amines) is 1. The first kappa shape index (κ1) is 32.1. The monoisotopic (exact) mass is 634 g/mol. The number of furan rings is 1. The van der Waals surface area contributed by atoms with Gasteiger partial charge in [-0.05, 0) is 86.9 Å². The maximum absolute atomic E-state index is 13.9. The number of nitrogens with zero attached hydrogens (tertiary/aromatic N) is 4. The Balaban J connectivity index is 1.13. The van der Waals surface area contributed by atoms with Crippen LogP contribution >= 0.6 is 0 Å². The van der Waals surface area contributed by atoms with Gasteiger partial charge in [-0.2, -0.15) is 0 Å². The van der Waals surface area contributed by atoms with Crippen molar-refractivity contribution >= 4 is 22.7 Å². The Morgan fingerprint density at radius 1 is 0.957 bits per heavy atom. The van der Waals surface area contributed by atoms with E-state index in [0.29, 0.717) is 36.0 Å². The number of rotatable bonds is 13. The van der Waals surface area contributed by atoms with Crippen molar-refractivity contribution in [3.8, 4) is 11.5 Å². The predicted octanol–water partition coefficient (Wildman–Crippen LogP) is 6.54. The third-order valence-electron chi connectivity index (χ3n) is 9.29. The van der Waals surface area contributed by atoms with Crippen LogP contribution in [0.15, 0.2) is 95.8 Å². The van der Waals surface area contributed by atoms with Crippen LogP contribution in [0, 0.1) is 5.92 Å². The summed E-state index contributed by atoms with van der Waals surface area (Å²) < 4.78 is 18.4. The molecule has 3 heterocycles. The fraction of sp³-hybridized carbons (Fsp3) is 0.342. The normalized spacial score (nSPS) is 14.6. The number of Topliss-reactive ketones (excluding diaryl/α,β-unsaturated/α-hetero) is 1. The van der Waals surface area contributed by atoms with Gasteiger partial charge in [0.15, 0.2) is 17.3 Å². The largest absolute Gasteiger partial charge is 0.493 e. The first-order chi connectivity index (χ1) is 22.9. The van der Waals surface area contributed by atoms with Crippen LogP contribution in [0.5, 0.6) is 11.5 Å². The van der Waals surface area contributed by atoms with Gasteiger partial charge in [0.05, 0.1) is 44.3 Å². The molecule has 1 unspecified atom stereocenters. The number of imidazole rings is 1. The summed E-state index contributed by atoms with van der Waals surface area (Å²) in [5.41, 5.74) is 4.54. The van der Waals surface area contributed by atoms with Crippen molar-refractivity contribution in [1.82, 2.24) is 19.4 Å². The van der Waals surface area contributed by atoms with Crippen molar-refractivity contribution in [2.24, 2.45) is 5.92 Å². The average molecular weight is 635 g/mol. The van der Waals surface area contributed by atoms with Crippen LogP contribution in [0.4, 0.5) is 0 Å². The molecule has 2 aromatic heterocycles. The Kier molecular flexibility index (Phi) is 10.0. The van der Waals surface area contributed by atoms with Crippen LogP contribution in [-0.4, -0.2) is 78.5 Å². The van der Waals surface area contributed by atoms with Crippen molar-refractivity contribution in [3.05, 3.63) is 114 Å². The Morgan fingerprint density at radius 3 is 2.43 bits per heavy atom. The van der Waals surface area contributed by atoms with E-state index in [1.807, 2.05) is 84.4 Å². The van der Waals surface area contributed by atoms with Gasteiger partial charge in [0.2, 0.25) is 5.78 Å². The van der Waals surface area contributed by atoms with E-state index in [9.17, 15) is 9.59 Å². The summed E-state index contributed by atoms with van der Waals surface area (Å²) in [6.45, 7) is 3.61. The van der Waals surface area contributed by atoms with Gasteiger partial charge in [-0.1, -0.05) is 36.4 Å². The summed E-state index contributed by atoms with van der Waals surface area (Å²) >= 11 is 0. The van der Waals surface area contributed by atoms with Crippen molar-refractivity contribution < 1.29 is 23.5 Å². The maximum Gasteiger partial charge on any atom is 0.253 e. The van der Waals surface area contributed by atoms with E-state index in [0.717, 1.165) is 61.1 Å². The van der Waals surface area contributed by atoms with Crippen molar-refractivity contribution in [3.63, 3.8) is 0 Å². The van der Waals surface area contributed by atoms with E-state index in [1.54, 1.807) is 31.6 Å². The smallest absolute Gasteiger partial charge is 0.253 e. The first-order valence-corrected chi connectivity index (χ1v) is 16.2. The van der Waals surface area contributed by atoms with Gasteiger partial charge < -0.3 is 28.3 Å². The highest BCUT2D eigenvalue weighted by Crippen LogP contribution is 2.33. The molecule has 3 aromatic carbocycles. The van der Waals surface area contributed by atoms with Crippen LogP contribution < -0.4 is 9.47 Å². The molecule has 1 atom stereocenters. The number of amides is 1. The lowest BCUT2D eigenvalue weighted by Crippen LogP contribution is -2.38. The van der Waals surface area contributed by atoms with E-state index in [-0.39, 0.29) is 23.5 Å². The molecular weight excluding hydrogens is 592 g/mol. The lowest BCUT2D eigenvalue weighted by molar-refractivity contribution is 0.0779. The Hall–Kier alpha value is -4.89. The number of carbonyl (C=O) groups is 2. The SMILES string of the molecule is COc1ccc(C(CCN2CCC(C(=O)c3nc4ccccc4n3Cc3ccoc3)CC2)CN(C)C(=O)c2ccccc2)cc1OC. The molecule has 0 spiro atoms. The number of ketones is 1. The number of hydrogen-bond donors (Lipinski definition) is 0. The van der Waals surface area contributed by atoms with Crippen LogP contribution in [0.1, 0.15) is 57.3 Å². The molecule has 244 valence electrons. The topological polar surface area (TPSA) is 90.0 Å². The number of benzene rings is 3. The van der Waals surface area contributed by atoms with Crippen LogP contribution in [0.25, 0.3) is 11.0 Å². The lowest BCUT2D eigenvalue weighted by Gasteiger charge is -2.33. The summed E-state index contributed by atoms with van der Waals surface area (Å²) in [7, 11) is 5.13. The molecule has 0 bridgehead atoms. The molecule has 0 radical (unpaired) electrons. The zero-order valence-electron chi connectivity index (χ0n) is 27.3. The fourth-order valence-electron chi connectivity index (χ4n) is 6.61. The molecule has 6 rings (SSSR count). The molecular formula is C38H42N4O5. The highest BCUT2D eigenvalue weighted by Gasteiger charge is 2.30. The van der Waals surface area contributed by atoms with Crippen molar-refractivity contribution in [2.45, 2.75) is 31.7 Å². The highest BCUT2D eigenvalue weighted by molar-refractivity contribution is 5.98.